The van der Waals surface area contributed by atoms with Gasteiger partial charge in [-0.2, -0.15) is 4.31 Å². The van der Waals surface area contributed by atoms with Crippen LogP contribution in [0.2, 0.25) is 0 Å². The summed E-state index contributed by atoms with van der Waals surface area (Å²) >= 11 is 0. The second kappa shape index (κ2) is 7.25. The van der Waals surface area contributed by atoms with Gasteiger partial charge in [0.15, 0.2) is 0 Å². The molecule has 0 aromatic heterocycles. The highest BCUT2D eigenvalue weighted by Crippen LogP contribution is 2.23. The average Bonchev–Trinajstić information content (AvgIpc) is 3.07. The maximum atomic E-state index is 12.5. The Morgan fingerprint density at radius 2 is 1.80 bits per heavy atom. The summed E-state index contributed by atoms with van der Waals surface area (Å²) < 4.78 is 26.4. The minimum atomic E-state index is -3.57. The molecule has 1 aliphatic heterocycles. The summed E-state index contributed by atoms with van der Waals surface area (Å²) in [6.07, 6.45) is 0.648. The smallest absolute Gasteiger partial charge is 0.243 e. The number of nitrogens with one attached hydrogen (secondary N) is 1. The van der Waals surface area contributed by atoms with Crippen molar-refractivity contribution >= 4 is 15.9 Å². The van der Waals surface area contributed by atoms with Gasteiger partial charge in [0.25, 0.3) is 0 Å². The van der Waals surface area contributed by atoms with Crippen LogP contribution in [-0.4, -0.2) is 36.3 Å². The minimum absolute atomic E-state index is 0.149. The SMILES string of the molecule is O=C(Cc1ccc(O)cc1)NC1C[CH]N(S(=O)(=O)c2ccccc2)C1. The van der Waals surface area contributed by atoms with Crippen molar-refractivity contribution in [3.8, 4) is 5.75 Å². The molecule has 1 unspecified atom stereocenters. The lowest BCUT2D eigenvalue weighted by Gasteiger charge is -2.17. The van der Waals surface area contributed by atoms with Crippen LogP contribution in [0.1, 0.15) is 12.0 Å². The highest BCUT2D eigenvalue weighted by molar-refractivity contribution is 7.89. The molecule has 0 saturated carbocycles. The number of rotatable bonds is 5. The molecule has 6 nitrogen and oxygen atoms in total. The molecule has 1 aliphatic rings. The van der Waals surface area contributed by atoms with Crippen molar-refractivity contribution in [2.45, 2.75) is 23.8 Å². The molecule has 1 amide bonds. The van der Waals surface area contributed by atoms with Gasteiger partial charge < -0.3 is 10.4 Å². The predicted octanol–water partition coefficient (Wildman–Crippen LogP) is 1.68. The fourth-order valence-electron chi connectivity index (χ4n) is 2.72. The number of hydrogen-bond acceptors (Lipinski definition) is 4. The molecule has 1 saturated heterocycles. The summed E-state index contributed by atoms with van der Waals surface area (Å²) in [5.74, 6) is -0.0284. The van der Waals surface area contributed by atoms with Gasteiger partial charge in [0.1, 0.15) is 5.75 Å². The van der Waals surface area contributed by atoms with E-state index in [0.29, 0.717) is 6.42 Å². The number of benzene rings is 2. The summed E-state index contributed by atoms with van der Waals surface area (Å²) in [6, 6.07) is 14.4. The molecule has 131 valence electrons. The Labute approximate surface area is 147 Å². The number of sulfonamides is 1. The molecule has 25 heavy (non-hydrogen) atoms. The van der Waals surface area contributed by atoms with Crippen LogP contribution in [-0.2, 0) is 21.2 Å². The van der Waals surface area contributed by atoms with Gasteiger partial charge in [-0.25, -0.2) is 8.42 Å². The van der Waals surface area contributed by atoms with Crippen molar-refractivity contribution in [1.82, 2.24) is 9.62 Å². The van der Waals surface area contributed by atoms with Gasteiger partial charge in [0.2, 0.25) is 15.9 Å². The second-order valence-electron chi connectivity index (χ2n) is 5.91. The molecular weight excluding hydrogens is 340 g/mol. The standard InChI is InChI=1S/C18H19N2O4S/c21-16-8-6-14(7-9-16)12-18(22)19-15-10-11-20(13-15)25(23,24)17-4-2-1-3-5-17/h1-9,11,15,21H,10,12-13H2,(H,19,22). The third-order valence-electron chi connectivity index (χ3n) is 4.01. The van der Waals surface area contributed by atoms with E-state index in [2.05, 4.69) is 5.32 Å². The number of amides is 1. The number of carbonyl (C=O) groups is 1. The Morgan fingerprint density at radius 3 is 2.48 bits per heavy atom. The highest BCUT2D eigenvalue weighted by atomic mass is 32.2. The number of aromatic hydroxyl groups is 1. The molecular formula is C18H19N2O4S. The van der Waals surface area contributed by atoms with Crippen LogP contribution < -0.4 is 5.32 Å². The summed E-state index contributed by atoms with van der Waals surface area (Å²) in [7, 11) is -3.57. The summed E-state index contributed by atoms with van der Waals surface area (Å²) in [4.78, 5) is 12.4. The van der Waals surface area contributed by atoms with Gasteiger partial charge in [-0.05, 0) is 36.2 Å². The van der Waals surface area contributed by atoms with Crippen LogP contribution in [0.5, 0.6) is 5.75 Å². The van der Waals surface area contributed by atoms with Crippen LogP contribution >= 0.6 is 0 Å². The van der Waals surface area contributed by atoms with Crippen LogP contribution in [0.25, 0.3) is 0 Å². The molecule has 2 aromatic rings. The molecule has 2 aromatic carbocycles. The minimum Gasteiger partial charge on any atom is -0.508 e. The Hall–Kier alpha value is -2.38. The molecule has 1 radical (unpaired) electrons. The van der Waals surface area contributed by atoms with Gasteiger partial charge in [0.05, 0.1) is 11.3 Å². The number of nitrogens with zero attached hydrogens (tertiary/aromatic N) is 1. The molecule has 3 rings (SSSR count). The molecule has 1 fully saturated rings. The van der Waals surface area contributed by atoms with E-state index in [4.69, 9.17) is 0 Å². The molecule has 1 heterocycles. The molecule has 0 bridgehead atoms. The van der Waals surface area contributed by atoms with Gasteiger partial charge >= 0.3 is 0 Å². The van der Waals surface area contributed by atoms with E-state index in [-0.39, 0.29) is 35.6 Å². The normalized spacial score (nSPS) is 18.2. The lowest BCUT2D eigenvalue weighted by atomic mass is 10.1. The fourth-order valence-corrected chi connectivity index (χ4v) is 4.15. The zero-order valence-corrected chi connectivity index (χ0v) is 14.3. The van der Waals surface area contributed by atoms with Gasteiger partial charge in [-0.15, -0.1) is 0 Å². The largest absolute Gasteiger partial charge is 0.508 e. The zero-order valence-electron chi connectivity index (χ0n) is 13.5. The van der Waals surface area contributed by atoms with E-state index < -0.39 is 10.0 Å². The summed E-state index contributed by atoms with van der Waals surface area (Å²) in [6.45, 7) is 1.83. The number of phenols is 1. The van der Waals surface area contributed by atoms with Crippen LogP contribution in [0.15, 0.2) is 59.5 Å². The van der Waals surface area contributed by atoms with E-state index in [1.807, 2.05) is 0 Å². The number of hydrogen-bond donors (Lipinski definition) is 2. The first-order valence-electron chi connectivity index (χ1n) is 7.92. The highest BCUT2D eigenvalue weighted by Gasteiger charge is 2.33. The Balaban J connectivity index is 1.58. The van der Waals surface area contributed by atoms with Crippen molar-refractivity contribution in [2.75, 3.05) is 6.54 Å². The first-order chi connectivity index (χ1) is 11.9. The number of phenolic OH excluding ortho intramolecular Hbond substituents is 1. The quantitative estimate of drug-likeness (QED) is 0.850. The van der Waals surface area contributed by atoms with Crippen molar-refractivity contribution in [1.29, 1.82) is 0 Å². The molecule has 7 heteroatoms. The van der Waals surface area contributed by atoms with Gasteiger partial charge in [-0.3, -0.25) is 4.79 Å². The van der Waals surface area contributed by atoms with Gasteiger partial charge in [0, 0.05) is 19.1 Å². The molecule has 0 aliphatic carbocycles. The maximum absolute atomic E-state index is 12.5. The van der Waals surface area contributed by atoms with Crippen molar-refractivity contribution < 1.29 is 18.3 Å². The van der Waals surface area contributed by atoms with Crippen LogP contribution in [0.3, 0.4) is 0 Å². The summed E-state index contributed by atoms with van der Waals surface area (Å²) in [5, 5.41) is 12.1. The maximum Gasteiger partial charge on any atom is 0.243 e. The van der Waals surface area contributed by atoms with Crippen LogP contribution in [0, 0.1) is 6.54 Å². The van der Waals surface area contributed by atoms with E-state index in [9.17, 15) is 18.3 Å². The Kier molecular flexibility index (Phi) is 5.06. The summed E-state index contributed by atoms with van der Waals surface area (Å²) in [5.41, 5.74) is 0.783. The predicted molar refractivity (Wildman–Crippen MR) is 93.0 cm³/mol. The molecule has 1 atom stereocenters. The monoisotopic (exact) mass is 359 g/mol. The Bertz CT molecular complexity index is 835. The fraction of sp³-hybridized carbons (Fsp3) is 0.222. The van der Waals surface area contributed by atoms with E-state index >= 15 is 0 Å². The topological polar surface area (TPSA) is 86.7 Å². The third-order valence-corrected chi connectivity index (χ3v) is 5.79. The first-order valence-corrected chi connectivity index (χ1v) is 9.36. The van der Waals surface area contributed by atoms with Gasteiger partial charge in [-0.1, -0.05) is 30.3 Å². The van der Waals surface area contributed by atoms with Crippen molar-refractivity contribution in [3.05, 3.63) is 66.7 Å². The van der Waals surface area contributed by atoms with Crippen molar-refractivity contribution in [2.24, 2.45) is 0 Å². The van der Waals surface area contributed by atoms with E-state index in [0.717, 1.165) is 5.56 Å². The molecule has 0 spiro atoms. The second-order valence-corrected chi connectivity index (χ2v) is 7.80. The van der Waals surface area contributed by atoms with E-state index in [1.54, 1.807) is 49.0 Å². The van der Waals surface area contributed by atoms with E-state index in [1.165, 1.54) is 16.4 Å². The average molecular weight is 359 g/mol. The first kappa shape index (κ1) is 17.4. The zero-order chi connectivity index (χ0) is 17.9. The lowest BCUT2D eigenvalue weighted by molar-refractivity contribution is -0.121. The lowest BCUT2D eigenvalue weighted by Crippen LogP contribution is -2.39. The van der Waals surface area contributed by atoms with Crippen molar-refractivity contribution in [3.63, 3.8) is 0 Å². The Morgan fingerprint density at radius 1 is 1.12 bits per heavy atom. The number of carbonyl (C=O) groups excluding carboxylic acids is 1. The molecule has 2 N–H and O–H groups in total. The van der Waals surface area contributed by atoms with Crippen LogP contribution in [0.4, 0.5) is 0 Å². The third kappa shape index (κ3) is 4.18.